The van der Waals surface area contributed by atoms with Gasteiger partial charge in [0.25, 0.3) is 0 Å². The number of ether oxygens (including phenoxy) is 1. The van der Waals surface area contributed by atoms with Gasteiger partial charge in [-0.05, 0) is 35.4 Å². The monoisotopic (exact) mass is 349 g/mol. The van der Waals surface area contributed by atoms with Gasteiger partial charge in [0.2, 0.25) is 0 Å². The van der Waals surface area contributed by atoms with Gasteiger partial charge in [0.05, 0.1) is 6.61 Å². The summed E-state index contributed by atoms with van der Waals surface area (Å²) in [6.07, 6.45) is 0. The van der Waals surface area contributed by atoms with Crippen LogP contribution in [0.5, 0.6) is 11.5 Å². The third-order valence-corrected chi connectivity index (χ3v) is 3.78. The van der Waals surface area contributed by atoms with Crippen molar-refractivity contribution in [2.75, 3.05) is 0 Å². The molecule has 2 aromatic rings. The van der Waals surface area contributed by atoms with Gasteiger partial charge in [-0.25, -0.2) is 0 Å². The van der Waals surface area contributed by atoms with Gasteiger partial charge < -0.3 is 15.2 Å². The van der Waals surface area contributed by atoms with Gasteiger partial charge in [-0.2, -0.15) is 0 Å². The Morgan fingerprint density at radius 2 is 1.90 bits per heavy atom. The van der Waals surface area contributed by atoms with Crippen molar-refractivity contribution in [1.29, 1.82) is 0 Å². The molecule has 2 rings (SSSR count). The summed E-state index contributed by atoms with van der Waals surface area (Å²) in [7, 11) is 0. The second kappa shape index (κ2) is 7.59. The number of benzene rings is 2. The number of rotatable bonds is 6. The lowest BCUT2D eigenvalue weighted by atomic mass is 10.2. The van der Waals surface area contributed by atoms with E-state index in [-0.39, 0.29) is 6.61 Å². The van der Waals surface area contributed by atoms with E-state index in [0.717, 1.165) is 28.1 Å². The lowest BCUT2D eigenvalue weighted by Crippen LogP contribution is -2.21. The van der Waals surface area contributed by atoms with Crippen molar-refractivity contribution in [3.63, 3.8) is 0 Å². The fourth-order valence-electron chi connectivity index (χ4n) is 1.89. The highest BCUT2D eigenvalue weighted by molar-refractivity contribution is 9.10. The molecule has 3 nitrogen and oxygen atoms in total. The lowest BCUT2D eigenvalue weighted by molar-refractivity contribution is 0.281. The second-order valence-corrected chi connectivity index (χ2v) is 6.05. The molecule has 0 heterocycles. The summed E-state index contributed by atoms with van der Waals surface area (Å²) in [6.45, 7) is 5.08. The third-order valence-electron chi connectivity index (χ3n) is 3.04. The van der Waals surface area contributed by atoms with E-state index in [1.165, 1.54) is 5.56 Å². The van der Waals surface area contributed by atoms with Crippen molar-refractivity contribution in [3.8, 4) is 11.5 Å². The van der Waals surface area contributed by atoms with Crippen molar-refractivity contribution >= 4 is 15.9 Å². The van der Waals surface area contributed by atoms with E-state index in [1.54, 1.807) is 0 Å². The topological polar surface area (TPSA) is 41.5 Å². The number of nitrogens with one attached hydrogen (secondary N) is 1. The molecule has 21 heavy (non-hydrogen) atoms. The Bertz CT molecular complexity index is 599. The Hall–Kier alpha value is -1.36. The lowest BCUT2D eigenvalue weighted by Gasteiger charge is -2.12. The van der Waals surface area contributed by atoms with Crippen LogP contribution in [0.2, 0.25) is 0 Å². The predicted octanol–water partition coefficient (Wildman–Crippen LogP) is 4.23. The Morgan fingerprint density at radius 3 is 2.57 bits per heavy atom. The number of hydrogen-bond donors (Lipinski definition) is 2. The molecule has 0 bridgehead atoms. The molecule has 0 atom stereocenters. The first kappa shape index (κ1) is 16.0. The van der Waals surface area contributed by atoms with Crippen LogP contribution >= 0.6 is 15.9 Å². The fraction of sp³-hybridized carbons (Fsp3) is 0.294. The van der Waals surface area contributed by atoms with Crippen molar-refractivity contribution in [2.24, 2.45) is 0 Å². The highest BCUT2D eigenvalue weighted by Crippen LogP contribution is 2.27. The average molecular weight is 350 g/mol. The zero-order valence-electron chi connectivity index (χ0n) is 12.3. The van der Waals surface area contributed by atoms with Gasteiger partial charge in [-0.1, -0.05) is 48.0 Å². The third kappa shape index (κ3) is 4.84. The Morgan fingerprint density at radius 1 is 1.14 bits per heavy atom. The summed E-state index contributed by atoms with van der Waals surface area (Å²) in [4.78, 5) is 0. The second-order valence-electron chi connectivity index (χ2n) is 5.20. The van der Waals surface area contributed by atoms with Crippen LogP contribution in [-0.4, -0.2) is 11.1 Å². The van der Waals surface area contributed by atoms with E-state index in [9.17, 15) is 0 Å². The van der Waals surface area contributed by atoms with Crippen LogP contribution in [0.25, 0.3) is 0 Å². The quantitative estimate of drug-likeness (QED) is 0.819. The zero-order valence-corrected chi connectivity index (χ0v) is 13.9. The Labute approximate surface area is 134 Å². The standard InChI is InChI=1S/C17H20BrNO2/c1-12(2)19-10-14-6-7-16(9-17(14)18)21-15-5-3-4-13(8-15)11-20/h3-9,12,19-20H,10-11H2,1-2H3. The van der Waals surface area contributed by atoms with Crippen LogP contribution in [-0.2, 0) is 13.2 Å². The van der Waals surface area contributed by atoms with E-state index in [2.05, 4.69) is 35.1 Å². The summed E-state index contributed by atoms with van der Waals surface area (Å²) in [5.41, 5.74) is 2.03. The fourth-order valence-corrected chi connectivity index (χ4v) is 2.39. The number of halogens is 1. The summed E-state index contributed by atoms with van der Waals surface area (Å²) in [6, 6.07) is 13.9. The van der Waals surface area contributed by atoms with Gasteiger partial charge in [0.1, 0.15) is 11.5 Å². The van der Waals surface area contributed by atoms with Gasteiger partial charge in [0, 0.05) is 17.1 Å². The summed E-state index contributed by atoms with van der Waals surface area (Å²) in [5, 5.41) is 12.5. The minimum atomic E-state index is 0.0146. The molecule has 0 saturated heterocycles. The van der Waals surface area contributed by atoms with E-state index in [1.807, 2.05) is 42.5 Å². The van der Waals surface area contributed by atoms with Gasteiger partial charge in [-0.15, -0.1) is 0 Å². The molecular formula is C17H20BrNO2. The summed E-state index contributed by atoms with van der Waals surface area (Å²) in [5.74, 6) is 1.49. The molecule has 4 heteroatoms. The first-order valence-electron chi connectivity index (χ1n) is 6.98. The van der Waals surface area contributed by atoms with Crippen molar-refractivity contribution in [3.05, 3.63) is 58.1 Å². The van der Waals surface area contributed by atoms with Gasteiger partial charge in [-0.3, -0.25) is 0 Å². The first-order valence-corrected chi connectivity index (χ1v) is 7.77. The predicted molar refractivity (Wildman–Crippen MR) is 88.6 cm³/mol. The molecule has 0 aromatic heterocycles. The van der Waals surface area contributed by atoms with Gasteiger partial charge >= 0.3 is 0 Å². The summed E-state index contributed by atoms with van der Waals surface area (Å²) >= 11 is 3.58. The van der Waals surface area contributed by atoms with Crippen LogP contribution in [0.15, 0.2) is 46.9 Å². The SMILES string of the molecule is CC(C)NCc1ccc(Oc2cccc(CO)c2)cc1Br. The number of hydrogen-bond acceptors (Lipinski definition) is 3. The molecule has 0 saturated carbocycles. The molecule has 0 aliphatic heterocycles. The normalized spacial score (nSPS) is 10.9. The molecule has 2 N–H and O–H groups in total. The molecule has 2 aromatic carbocycles. The number of aliphatic hydroxyl groups excluding tert-OH is 1. The smallest absolute Gasteiger partial charge is 0.128 e. The molecule has 0 spiro atoms. The molecule has 0 radical (unpaired) electrons. The first-order chi connectivity index (χ1) is 10.1. The van der Waals surface area contributed by atoms with Crippen molar-refractivity contribution in [1.82, 2.24) is 5.32 Å². The average Bonchev–Trinajstić information content (AvgIpc) is 2.46. The minimum Gasteiger partial charge on any atom is -0.457 e. The van der Waals surface area contributed by atoms with Crippen LogP contribution < -0.4 is 10.1 Å². The maximum absolute atomic E-state index is 9.14. The molecule has 0 fully saturated rings. The highest BCUT2D eigenvalue weighted by atomic mass is 79.9. The Kier molecular flexibility index (Phi) is 5.79. The van der Waals surface area contributed by atoms with Crippen LogP contribution in [0.4, 0.5) is 0 Å². The maximum Gasteiger partial charge on any atom is 0.128 e. The molecule has 0 aliphatic carbocycles. The van der Waals surface area contributed by atoms with Crippen LogP contribution in [0.3, 0.4) is 0 Å². The molecule has 112 valence electrons. The Balaban J connectivity index is 2.09. The van der Waals surface area contributed by atoms with E-state index >= 15 is 0 Å². The van der Waals surface area contributed by atoms with Crippen LogP contribution in [0.1, 0.15) is 25.0 Å². The van der Waals surface area contributed by atoms with E-state index < -0.39 is 0 Å². The van der Waals surface area contributed by atoms with E-state index in [4.69, 9.17) is 9.84 Å². The van der Waals surface area contributed by atoms with E-state index in [0.29, 0.717) is 6.04 Å². The summed E-state index contributed by atoms with van der Waals surface area (Å²) < 4.78 is 6.84. The molecule has 0 amide bonds. The van der Waals surface area contributed by atoms with Crippen LogP contribution in [0, 0.1) is 0 Å². The van der Waals surface area contributed by atoms with Crippen molar-refractivity contribution in [2.45, 2.75) is 33.0 Å². The molecule has 0 unspecified atom stereocenters. The maximum atomic E-state index is 9.14. The highest BCUT2D eigenvalue weighted by Gasteiger charge is 2.05. The zero-order chi connectivity index (χ0) is 15.2. The largest absolute Gasteiger partial charge is 0.457 e. The minimum absolute atomic E-state index is 0.0146. The number of aliphatic hydroxyl groups is 1. The molecule has 0 aliphatic rings. The van der Waals surface area contributed by atoms with Gasteiger partial charge in [0.15, 0.2) is 0 Å². The van der Waals surface area contributed by atoms with Crippen molar-refractivity contribution < 1.29 is 9.84 Å². The molecular weight excluding hydrogens is 330 g/mol.